The first-order chi connectivity index (χ1) is 18.3. The van der Waals surface area contributed by atoms with E-state index in [9.17, 15) is 18.8 Å². The van der Waals surface area contributed by atoms with Crippen molar-refractivity contribution in [2.24, 2.45) is 5.92 Å². The number of aryl methyl sites for hydroxylation is 1. The van der Waals surface area contributed by atoms with Gasteiger partial charge in [-0.2, -0.15) is 5.26 Å². The first-order valence-electron chi connectivity index (χ1n) is 12.7. The fourth-order valence-corrected chi connectivity index (χ4v) is 5.85. The fraction of sp³-hybridized carbons (Fsp3) is 0.300. The van der Waals surface area contributed by atoms with Gasteiger partial charge in [-0.25, -0.2) is 8.78 Å². The summed E-state index contributed by atoms with van der Waals surface area (Å²) in [6, 6.07) is 16.7. The number of hydrogen-bond acceptors (Lipinski definition) is 4. The third-order valence-electron chi connectivity index (χ3n) is 7.21. The lowest BCUT2D eigenvalue weighted by Crippen LogP contribution is -2.29. The molecule has 2 N–H and O–H groups in total. The average molecular weight is 531 g/mol. The number of nitrogens with one attached hydrogen (secondary N) is 2. The number of benzene rings is 3. The van der Waals surface area contributed by atoms with Gasteiger partial charge in [0.2, 0.25) is 0 Å². The molecule has 0 bridgehead atoms. The number of rotatable bonds is 8. The summed E-state index contributed by atoms with van der Waals surface area (Å²) in [6.45, 7) is 3.39. The summed E-state index contributed by atoms with van der Waals surface area (Å²) in [4.78, 5) is 15.4. The van der Waals surface area contributed by atoms with Gasteiger partial charge in [0.05, 0.1) is 11.6 Å². The molecule has 2 aliphatic rings. The topological polar surface area (TPSA) is 80.0 Å². The summed E-state index contributed by atoms with van der Waals surface area (Å²) in [5.74, 6) is 0.420. The summed E-state index contributed by atoms with van der Waals surface area (Å²) in [5, 5.41) is 21.3. The van der Waals surface area contributed by atoms with E-state index >= 15 is 0 Å². The van der Waals surface area contributed by atoms with Crippen LogP contribution in [0.3, 0.4) is 0 Å². The van der Waals surface area contributed by atoms with Crippen LogP contribution in [0.25, 0.3) is 11.1 Å². The van der Waals surface area contributed by atoms with E-state index in [0.717, 1.165) is 36.3 Å². The molecule has 1 saturated heterocycles. The third-order valence-corrected chi connectivity index (χ3v) is 8.13. The van der Waals surface area contributed by atoms with Gasteiger partial charge < -0.3 is 10.2 Å². The summed E-state index contributed by atoms with van der Waals surface area (Å²) in [5.41, 5.74) is 4.28. The molecule has 5 nitrogen and oxygen atoms in total. The van der Waals surface area contributed by atoms with E-state index < -0.39 is 5.82 Å². The Hall–Kier alpha value is -3.70. The molecule has 5 rings (SSSR count). The lowest BCUT2D eigenvalue weighted by atomic mass is 9.92. The van der Waals surface area contributed by atoms with Crippen LogP contribution in [0.15, 0.2) is 54.6 Å². The number of carbonyl (C=O) groups is 1. The van der Waals surface area contributed by atoms with Crippen molar-refractivity contribution in [3.05, 3.63) is 94.0 Å². The molecule has 1 amide bonds. The summed E-state index contributed by atoms with van der Waals surface area (Å²) < 4.78 is 27.7. The van der Waals surface area contributed by atoms with Gasteiger partial charge in [-0.15, -0.1) is 0 Å². The highest BCUT2D eigenvalue weighted by Gasteiger charge is 2.33. The molecule has 0 radical (unpaired) electrons. The molecule has 1 heterocycles. The van der Waals surface area contributed by atoms with Crippen LogP contribution in [-0.2, 0) is 6.54 Å². The van der Waals surface area contributed by atoms with Gasteiger partial charge in [0.25, 0.3) is 5.91 Å². The zero-order valence-corrected chi connectivity index (χ0v) is 21.9. The predicted molar refractivity (Wildman–Crippen MR) is 146 cm³/mol. The molecule has 38 heavy (non-hydrogen) atoms. The number of amides is 1. The predicted octanol–water partition coefficient (Wildman–Crippen LogP) is 6.22. The van der Waals surface area contributed by atoms with E-state index in [1.54, 1.807) is 25.1 Å². The standard InChI is InChI=1S/C30H28F2N4OS/c1-18-10-21(4-7-28(18)32)27(20-2-3-20)16-35-29(37)23-12-19(17-36-8-9-38-30(36)34)11-22(13-23)26-6-5-25(31)14-24(26)15-33/h4-7,10-14,20,27,34H,2-3,8-9,16-17H2,1H3,(H,35,37). The Kier molecular flexibility index (Phi) is 7.48. The Morgan fingerprint density at radius 2 is 2.00 bits per heavy atom. The minimum atomic E-state index is -0.496. The van der Waals surface area contributed by atoms with Gasteiger partial charge in [-0.3, -0.25) is 10.2 Å². The van der Waals surface area contributed by atoms with Gasteiger partial charge in [0, 0.05) is 36.9 Å². The molecular formula is C30H28F2N4OS. The molecule has 0 spiro atoms. The largest absolute Gasteiger partial charge is 0.351 e. The summed E-state index contributed by atoms with van der Waals surface area (Å²) in [6.07, 6.45) is 2.16. The van der Waals surface area contributed by atoms with Crippen molar-refractivity contribution in [3.63, 3.8) is 0 Å². The molecule has 1 aliphatic heterocycles. The van der Waals surface area contributed by atoms with Gasteiger partial charge in [0.15, 0.2) is 5.17 Å². The van der Waals surface area contributed by atoms with Crippen molar-refractivity contribution in [3.8, 4) is 17.2 Å². The maximum Gasteiger partial charge on any atom is 0.251 e. The van der Waals surface area contributed by atoms with Gasteiger partial charge in [-0.1, -0.05) is 30.0 Å². The number of halogens is 2. The van der Waals surface area contributed by atoms with Gasteiger partial charge >= 0.3 is 0 Å². The maximum absolute atomic E-state index is 13.8. The van der Waals surface area contributed by atoms with E-state index in [1.807, 2.05) is 23.1 Å². The van der Waals surface area contributed by atoms with Crippen molar-refractivity contribution in [2.45, 2.75) is 32.2 Å². The SMILES string of the molecule is Cc1cc(C(CNC(=O)c2cc(CN3CCSC3=N)cc(-c3ccc(F)cc3C#N)c2)C2CC2)ccc1F. The number of carbonyl (C=O) groups excluding carboxylic acids is 1. The fourth-order valence-electron chi connectivity index (χ4n) is 5.01. The Morgan fingerprint density at radius 3 is 2.68 bits per heavy atom. The van der Waals surface area contributed by atoms with E-state index in [4.69, 9.17) is 5.41 Å². The van der Waals surface area contributed by atoms with E-state index in [1.165, 1.54) is 30.0 Å². The molecular weight excluding hydrogens is 502 g/mol. The highest BCUT2D eigenvalue weighted by Crippen LogP contribution is 2.42. The summed E-state index contributed by atoms with van der Waals surface area (Å²) >= 11 is 1.48. The maximum atomic E-state index is 13.8. The van der Waals surface area contributed by atoms with Crippen molar-refractivity contribution in [2.75, 3.05) is 18.8 Å². The highest BCUT2D eigenvalue weighted by atomic mass is 32.2. The Bertz CT molecular complexity index is 1450. The second kappa shape index (κ2) is 11.0. The van der Waals surface area contributed by atoms with Crippen LogP contribution in [0.1, 0.15) is 51.4 Å². The van der Waals surface area contributed by atoms with E-state index in [0.29, 0.717) is 46.4 Å². The Balaban J connectivity index is 1.43. The number of hydrogen-bond donors (Lipinski definition) is 2. The quantitative estimate of drug-likeness (QED) is 0.362. The first kappa shape index (κ1) is 25.9. The number of nitrogens with zero attached hydrogens (tertiary/aromatic N) is 2. The molecule has 3 aromatic rings. The minimum absolute atomic E-state index is 0.102. The molecule has 3 aromatic carbocycles. The van der Waals surface area contributed by atoms with Crippen LogP contribution in [0.2, 0.25) is 0 Å². The summed E-state index contributed by atoms with van der Waals surface area (Å²) in [7, 11) is 0. The second-order valence-electron chi connectivity index (χ2n) is 9.96. The van der Waals surface area contributed by atoms with E-state index in [2.05, 4.69) is 11.4 Å². The third kappa shape index (κ3) is 5.73. The molecule has 1 atom stereocenters. The van der Waals surface area contributed by atoms with Crippen LogP contribution in [0, 0.1) is 41.2 Å². The van der Waals surface area contributed by atoms with Crippen molar-refractivity contribution < 1.29 is 13.6 Å². The molecule has 2 fully saturated rings. The Labute approximate surface area is 225 Å². The number of nitriles is 1. The number of amidine groups is 1. The smallest absolute Gasteiger partial charge is 0.251 e. The van der Waals surface area contributed by atoms with E-state index in [-0.39, 0.29) is 23.2 Å². The average Bonchev–Trinajstić information content (AvgIpc) is 3.67. The van der Waals surface area contributed by atoms with Crippen LogP contribution < -0.4 is 5.32 Å². The minimum Gasteiger partial charge on any atom is -0.351 e. The normalized spacial score (nSPS) is 15.8. The van der Waals surface area contributed by atoms with Gasteiger partial charge in [-0.05, 0) is 89.9 Å². The van der Waals surface area contributed by atoms with Crippen LogP contribution in [0.5, 0.6) is 0 Å². The Morgan fingerprint density at radius 1 is 1.18 bits per heavy atom. The molecule has 1 aliphatic carbocycles. The van der Waals surface area contributed by atoms with Crippen LogP contribution in [-0.4, -0.2) is 34.8 Å². The molecule has 194 valence electrons. The second-order valence-corrected chi connectivity index (χ2v) is 11.0. The molecule has 1 saturated carbocycles. The van der Waals surface area contributed by atoms with Crippen LogP contribution in [0.4, 0.5) is 8.78 Å². The van der Waals surface area contributed by atoms with Crippen LogP contribution >= 0.6 is 11.8 Å². The molecule has 8 heteroatoms. The molecule has 0 aromatic heterocycles. The van der Waals surface area contributed by atoms with Crippen molar-refractivity contribution >= 4 is 22.8 Å². The highest BCUT2D eigenvalue weighted by molar-refractivity contribution is 8.14. The van der Waals surface area contributed by atoms with Crippen molar-refractivity contribution in [1.29, 1.82) is 10.7 Å². The number of thioether (sulfide) groups is 1. The van der Waals surface area contributed by atoms with Gasteiger partial charge in [0.1, 0.15) is 11.6 Å². The van der Waals surface area contributed by atoms with Crippen molar-refractivity contribution in [1.82, 2.24) is 10.2 Å². The molecule has 1 unspecified atom stereocenters. The first-order valence-corrected chi connectivity index (χ1v) is 13.7. The monoisotopic (exact) mass is 530 g/mol. The zero-order valence-electron chi connectivity index (χ0n) is 21.1. The lowest BCUT2D eigenvalue weighted by molar-refractivity contribution is 0.0950. The zero-order chi connectivity index (χ0) is 26.8. The lowest BCUT2D eigenvalue weighted by Gasteiger charge is -2.20.